The van der Waals surface area contributed by atoms with Crippen LogP contribution in [-0.4, -0.2) is 63.1 Å². The topological polar surface area (TPSA) is 143 Å². The molecule has 1 heterocycles. The van der Waals surface area contributed by atoms with E-state index in [1.54, 1.807) is 40.7 Å². The van der Waals surface area contributed by atoms with Crippen molar-refractivity contribution in [2.45, 2.75) is 71.1 Å². The number of aromatic nitrogens is 4. The summed E-state index contributed by atoms with van der Waals surface area (Å²) in [5.41, 5.74) is -0.179. The molecule has 0 saturated carbocycles. The summed E-state index contributed by atoms with van der Waals surface area (Å²) in [6.07, 6.45) is -0.739. The molecular formula is C36H43N7O6. The predicted octanol–water partition coefficient (Wildman–Crippen LogP) is 5.47. The maximum absolute atomic E-state index is 13.6. The first kappa shape index (κ1) is 36.4. The summed E-state index contributed by atoms with van der Waals surface area (Å²) in [7, 11) is 0. The van der Waals surface area contributed by atoms with Crippen LogP contribution in [0.2, 0.25) is 0 Å². The Bertz CT molecular complexity index is 1680. The van der Waals surface area contributed by atoms with E-state index in [9.17, 15) is 9.59 Å². The summed E-state index contributed by atoms with van der Waals surface area (Å²) in [6.45, 7) is 16.6. The van der Waals surface area contributed by atoms with Gasteiger partial charge in [-0.15, -0.1) is 5.10 Å². The monoisotopic (exact) mass is 669 g/mol. The highest BCUT2D eigenvalue weighted by Crippen LogP contribution is 2.29. The number of amides is 2. The fraction of sp³-hybridized carbons (Fsp3) is 0.389. The molecule has 0 spiro atoms. The van der Waals surface area contributed by atoms with Crippen LogP contribution in [0.15, 0.2) is 84.9 Å². The predicted molar refractivity (Wildman–Crippen MR) is 181 cm³/mol. The van der Waals surface area contributed by atoms with Gasteiger partial charge in [0.05, 0.1) is 13.2 Å². The van der Waals surface area contributed by atoms with Crippen LogP contribution >= 0.6 is 0 Å². The molecule has 258 valence electrons. The SMILES string of the molecule is [C-]#[N+]C[C@H](COc1ccccc1OCc1ccccc1)n1nnnc1[C@@H](COCc1ccccc1)NC(=O)C(C)(C)NC(=O)OC(C)(C)C. The lowest BCUT2D eigenvalue weighted by molar-refractivity contribution is -0.127. The molecule has 2 atom stereocenters. The zero-order chi connectivity index (χ0) is 35.3. The van der Waals surface area contributed by atoms with Crippen LogP contribution in [0, 0.1) is 6.57 Å². The molecule has 4 aromatic rings. The third-order valence-electron chi connectivity index (χ3n) is 7.08. The second kappa shape index (κ2) is 17.1. The van der Waals surface area contributed by atoms with E-state index in [-0.39, 0.29) is 32.2 Å². The van der Waals surface area contributed by atoms with E-state index < -0.39 is 35.2 Å². The number of carbonyl (C=O) groups is 2. The second-order valence-electron chi connectivity index (χ2n) is 12.8. The van der Waals surface area contributed by atoms with Crippen LogP contribution < -0.4 is 20.1 Å². The van der Waals surface area contributed by atoms with Crippen LogP contribution in [0.3, 0.4) is 0 Å². The number of tetrazole rings is 1. The zero-order valence-corrected chi connectivity index (χ0v) is 28.5. The van der Waals surface area contributed by atoms with Crippen LogP contribution in [0.5, 0.6) is 11.5 Å². The van der Waals surface area contributed by atoms with Gasteiger partial charge in [0.2, 0.25) is 12.5 Å². The van der Waals surface area contributed by atoms with Crippen LogP contribution in [-0.2, 0) is 27.5 Å². The number of nitrogens with one attached hydrogen (secondary N) is 2. The number of rotatable bonds is 16. The molecule has 13 heteroatoms. The summed E-state index contributed by atoms with van der Waals surface area (Å²) >= 11 is 0. The molecule has 0 radical (unpaired) electrons. The van der Waals surface area contributed by atoms with E-state index >= 15 is 0 Å². The molecule has 1 aromatic heterocycles. The smallest absolute Gasteiger partial charge is 0.408 e. The number of hydrogen-bond donors (Lipinski definition) is 2. The first-order valence-corrected chi connectivity index (χ1v) is 15.9. The van der Waals surface area contributed by atoms with Gasteiger partial charge in [0.1, 0.15) is 30.4 Å². The van der Waals surface area contributed by atoms with Crippen molar-refractivity contribution in [3.8, 4) is 11.5 Å². The summed E-state index contributed by atoms with van der Waals surface area (Å²) in [4.78, 5) is 29.8. The molecule has 0 saturated heterocycles. The number of para-hydroxylation sites is 2. The lowest BCUT2D eigenvalue weighted by Crippen LogP contribution is -2.56. The highest BCUT2D eigenvalue weighted by atomic mass is 16.6. The Morgan fingerprint density at radius 3 is 2.04 bits per heavy atom. The Morgan fingerprint density at radius 1 is 0.837 bits per heavy atom. The van der Waals surface area contributed by atoms with Crippen molar-refractivity contribution in [1.82, 2.24) is 30.8 Å². The fourth-order valence-electron chi connectivity index (χ4n) is 4.61. The normalized spacial score (nSPS) is 12.7. The van der Waals surface area contributed by atoms with E-state index in [0.29, 0.717) is 18.1 Å². The van der Waals surface area contributed by atoms with Gasteiger partial charge in [-0.25, -0.2) is 16.0 Å². The van der Waals surface area contributed by atoms with E-state index in [1.165, 1.54) is 4.68 Å². The van der Waals surface area contributed by atoms with E-state index in [0.717, 1.165) is 11.1 Å². The van der Waals surface area contributed by atoms with Gasteiger partial charge in [0, 0.05) is 0 Å². The quantitative estimate of drug-likeness (QED) is 0.149. The Morgan fingerprint density at radius 2 is 1.43 bits per heavy atom. The molecule has 0 bridgehead atoms. The van der Waals surface area contributed by atoms with Gasteiger partial charge in [-0.2, -0.15) is 0 Å². The van der Waals surface area contributed by atoms with E-state index in [1.807, 2.05) is 78.9 Å². The van der Waals surface area contributed by atoms with Crippen molar-refractivity contribution in [3.05, 3.63) is 113 Å². The summed E-state index contributed by atoms with van der Waals surface area (Å²) < 4.78 is 25.1. The Hall–Kier alpha value is -5.48. The molecule has 2 amide bonds. The van der Waals surface area contributed by atoms with Crippen molar-refractivity contribution in [2.24, 2.45) is 0 Å². The van der Waals surface area contributed by atoms with Crippen molar-refractivity contribution < 1.29 is 28.5 Å². The minimum Gasteiger partial charge on any atom is -0.487 e. The highest BCUT2D eigenvalue weighted by molar-refractivity contribution is 5.89. The van der Waals surface area contributed by atoms with Gasteiger partial charge in [-0.1, -0.05) is 72.8 Å². The van der Waals surface area contributed by atoms with Gasteiger partial charge in [0.25, 0.3) is 0 Å². The van der Waals surface area contributed by atoms with Gasteiger partial charge < -0.3 is 34.4 Å². The van der Waals surface area contributed by atoms with Crippen molar-refractivity contribution >= 4 is 12.0 Å². The number of benzene rings is 3. The van der Waals surface area contributed by atoms with Gasteiger partial charge >= 0.3 is 6.09 Å². The summed E-state index contributed by atoms with van der Waals surface area (Å²) in [5, 5.41) is 17.9. The Labute approximate surface area is 286 Å². The molecule has 0 aliphatic rings. The number of hydrogen-bond acceptors (Lipinski definition) is 9. The average Bonchev–Trinajstić information content (AvgIpc) is 3.55. The molecule has 0 aliphatic carbocycles. The maximum atomic E-state index is 13.6. The lowest BCUT2D eigenvalue weighted by atomic mass is 10.0. The average molecular weight is 670 g/mol. The molecule has 0 aliphatic heterocycles. The largest absolute Gasteiger partial charge is 0.487 e. The third kappa shape index (κ3) is 11.3. The molecule has 0 unspecified atom stereocenters. The van der Waals surface area contributed by atoms with Crippen LogP contribution in [0.1, 0.15) is 63.7 Å². The maximum Gasteiger partial charge on any atom is 0.408 e. The Kier molecular flexibility index (Phi) is 12.7. The lowest BCUT2D eigenvalue weighted by Gasteiger charge is -2.29. The van der Waals surface area contributed by atoms with Crippen molar-refractivity contribution in [1.29, 1.82) is 0 Å². The van der Waals surface area contributed by atoms with E-state index in [4.69, 9.17) is 25.5 Å². The minimum absolute atomic E-state index is 0.00865. The summed E-state index contributed by atoms with van der Waals surface area (Å²) in [5.74, 6) is 0.766. The van der Waals surface area contributed by atoms with Crippen LogP contribution in [0.25, 0.3) is 4.85 Å². The molecule has 49 heavy (non-hydrogen) atoms. The second-order valence-corrected chi connectivity index (χ2v) is 12.8. The Balaban J connectivity index is 1.53. The third-order valence-corrected chi connectivity index (χ3v) is 7.08. The van der Waals surface area contributed by atoms with Gasteiger partial charge in [-0.3, -0.25) is 4.79 Å². The van der Waals surface area contributed by atoms with Crippen LogP contribution in [0.4, 0.5) is 4.79 Å². The molecule has 3 aromatic carbocycles. The molecular weight excluding hydrogens is 626 g/mol. The minimum atomic E-state index is -1.37. The molecule has 4 rings (SSSR count). The number of carbonyl (C=O) groups excluding carboxylic acids is 2. The summed E-state index contributed by atoms with van der Waals surface area (Å²) in [6, 6.07) is 25.1. The number of ether oxygens (including phenoxy) is 4. The van der Waals surface area contributed by atoms with Crippen molar-refractivity contribution in [2.75, 3.05) is 19.8 Å². The standard InChI is InChI=1S/C36H43N7O6/c1-35(2,3)49-34(45)39-36(4,5)33(44)38-29(25-46-22-26-15-9-7-10-16-26)32-40-41-42-43(32)28(21-37-6)24-48-31-20-14-13-19-30(31)47-23-27-17-11-8-12-18-27/h7-20,28-29H,21-25H2,1-5H3,(H,38,44)(H,39,45)/t28-,29-/m1/s1. The number of alkyl carbamates (subject to hydrolysis) is 1. The first-order valence-electron chi connectivity index (χ1n) is 15.9. The highest BCUT2D eigenvalue weighted by Gasteiger charge is 2.35. The first-order chi connectivity index (χ1) is 23.4. The van der Waals surface area contributed by atoms with E-state index in [2.05, 4.69) is 31.0 Å². The van der Waals surface area contributed by atoms with Gasteiger partial charge in [0.15, 0.2) is 23.4 Å². The molecule has 2 N–H and O–H groups in total. The number of nitrogens with zero attached hydrogens (tertiary/aromatic N) is 5. The molecule has 13 nitrogen and oxygen atoms in total. The molecule has 0 fully saturated rings. The van der Waals surface area contributed by atoms with Crippen molar-refractivity contribution in [3.63, 3.8) is 0 Å². The fourth-order valence-corrected chi connectivity index (χ4v) is 4.61. The zero-order valence-electron chi connectivity index (χ0n) is 28.5. The van der Waals surface area contributed by atoms with Gasteiger partial charge in [-0.05, 0) is 68.3 Å².